The number of nitrogens with two attached hydrogens (primary N) is 1. The zero-order valence-electron chi connectivity index (χ0n) is 15.5. The molecule has 0 spiro atoms. The highest BCUT2D eigenvalue weighted by Crippen LogP contribution is 2.15. The van der Waals surface area contributed by atoms with Crippen LogP contribution in [-0.2, 0) is 14.3 Å². The maximum absolute atomic E-state index is 12.4. The zero-order valence-corrected chi connectivity index (χ0v) is 15.5. The van der Waals surface area contributed by atoms with Gasteiger partial charge in [0.25, 0.3) is 0 Å². The van der Waals surface area contributed by atoms with E-state index in [0.29, 0.717) is 19.4 Å². The second-order valence-electron chi connectivity index (χ2n) is 7.67. The van der Waals surface area contributed by atoms with E-state index >= 15 is 0 Å². The van der Waals surface area contributed by atoms with Gasteiger partial charge in [0, 0.05) is 12.1 Å². The van der Waals surface area contributed by atoms with E-state index in [9.17, 15) is 14.4 Å². The highest BCUT2D eigenvalue weighted by atomic mass is 16.6. The minimum absolute atomic E-state index is 0.324. The Kier molecular flexibility index (Phi) is 8.19. The van der Waals surface area contributed by atoms with Crippen LogP contribution in [0.5, 0.6) is 0 Å². The number of ether oxygens (including phenoxy) is 1. The molecule has 0 aliphatic heterocycles. The monoisotopic (exact) mass is 345 g/mol. The van der Waals surface area contributed by atoms with Gasteiger partial charge in [0.2, 0.25) is 5.91 Å². The Morgan fingerprint density at radius 2 is 1.71 bits per heavy atom. The summed E-state index contributed by atoms with van der Waals surface area (Å²) in [6.45, 7) is 10.5. The first kappa shape index (κ1) is 22.2. The van der Waals surface area contributed by atoms with Crippen LogP contribution in [0.2, 0.25) is 0 Å². The number of amides is 2. The van der Waals surface area contributed by atoms with Crippen LogP contribution in [0.15, 0.2) is 0 Å². The summed E-state index contributed by atoms with van der Waals surface area (Å²) in [5.74, 6) is -1.50. The van der Waals surface area contributed by atoms with Crippen LogP contribution in [0, 0.1) is 0 Å². The number of carboxylic acid groups (broad SMARTS) is 1. The van der Waals surface area contributed by atoms with Crippen LogP contribution >= 0.6 is 0 Å². The Bertz CT molecular complexity index is 452. The number of hydrogen-bond acceptors (Lipinski definition) is 5. The lowest BCUT2D eigenvalue weighted by Gasteiger charge is -2.36. The quantitative estimate of drug-likeness (QED) is 0.598. The van der Waals surface area contributed by atoms with E-state index < -0.39 is 41.7 Å². The lowest BCUT2D eigenvalue weighted by Crippen LogP contribution is -2.54. The van der Waals surface area contributed by atoms with Crippen molar-refractivity contribution in [3.63, 3.8) is 0 Å². The molecule has 1 atom stereocenters. The van der Waals surface area contributed by atoms with E-state index in [-0.39, 0.29) is 0 Å². The minimum Gasteiger partial charge on any atom is -0.480 e. The fraction of sp³-hybridized carbons (Fsp3) is 0.812. The van der Waals surface area contributed by atoms with Gasteiger partial charge >= 0.3 is 12.1 Å². The van der Waals surface area contributed by atoms with Crippen molar-refractivity contribution < 1.29 is 24.2 Å². The van der Waals surface area contributed by atoms with Crippen molar-refractivity contribution in [1.29, 1.82) is 0 Å². The van der Waals surface area contributed by atoms with Crippen LogP contribution in [-0.4, -0.2) is 58.2 Å². The predicted octanol–water partition coefficient (Wildman–Crippen LogP) is 1.33. The third-order valence-corrected chi connectivity index (χ3v) is 3.05. The number of nitrogens with zero attached hydrogens (tertiary/aromatic N) is 1. The maximum Gasteiger partial charge on any atom is 0.407 e. The van der Waals surface area contributed by atoms with E-state index in [1.54, 1.807) is 41.5 Å². The molecular weight excluding hydrogens is 314 g/mol. The molecule has 0 aromatic carbocycles. The molecule has 4 N–H and O–H groups in total. The van der Waals surface area contributed by atoms with Gasteiger partial charge in [0.15, 0.2) is 0 Å². The largest absolute Gasteiger partial charge is 0.480 e. The number of rotatable bonds is 7. The molecule has 0 aromatic heterocycles. The number of carbonyl (C=O) groups is 3. The molecule has 140 valence electrons. The molecule has 0 radical (unpaired) electrons. The molecule has 8 nitrogen and oxygen atoms in total. The summed E-state index contributed by atoms with van der Waals surface area (Å²) in [5.41, 5.74) is 4.68. The molecular formula is C16H31N3O5. The van der Waals surface area contributed by atoms with Gasteiger partial charge in [-0.25, -0.2) is 4.79 Å². The van der Waals surface area contributed by atoms with Crippen molar-refractivity contribution >= 4 is 18.0 Å². The average molecular weight is 345 g/mol. The van der Waals surface area contributed by atoms with Crippen molar-refractivity contribution in [2.75, 3.05) is 13.1 Å². The Morgan fingerprint density at radius 1 is 1.17 bits per heavy atom. The summed E-state index contributed by atoms with van der Waals surface area (Å²) >= 11 is 0. The molecule has 2 amide bonds. The fourth-order valence-corrected chi connectivity index (χ4v) is 1.93. The Hall–Kier alpha value is -1.83. The fourth-order valence-electron chi connectivity index (χ4n) is 1.93. The lowest BCUT2D eigenvalue weighted by molar-refractivity contribution is -0.149. The average Bonchev–Trinajstić information content (AvgIpc) is 2.36. The highest BCUT2D eigenvalue weighted by Gasteiger charge is 2.31. The van der Waals surface area contributed by atoms with Crippen molar-refractivity contribution in [3.05, 3.63) is 0 Å². The van der Waals surface area contributed by atoms with Crippen molar-refractivity contribution in [3.8, 4) is 0 Å². The van der Waals surface area contributed by atoms with Gasteiger partial charge in [0.05, 0.1) is 6.04 Å². The Morgan fingerprint density at radius 3 is 2.12 bits per heavy atom. The summed E-state index contributed by atoms with van der Waals surface area (Å²) in [5, 5.41) is 11.5. The highest BCUT2D eigenvalue weighted by molar-refractivity contribution is 5.85. The second kappa shape index (κ2) is 8.86. The van der Waals surface area contributed by atoms with E-state index in [2.05, 4.69) is 5.32 Å². The van der Waals surface area contributed by atoms with E-state index in [4.69, 9.17) is 15.6 Å². The van der Waals surface area contributed by atoms with Gasteiger partial charge in [-0.3, -0.25) is 9.59 Å². The summed E-state index contributed by atoms with van der Waals surface area (Å²) in [6.07, 6.45) is 0.294. The Labute approximate surface area is 143 Å². The van der Waals surface area contributed by atoms with Gasteiger partial charge in [-0.2, -0.15) is 0 Å². The number of alkyl carbamates (subject to hydrolysis) is 1. The molecule has 0 heterocycles. The van der Waals surface area contributed by atoms with Gasteiger partial charge in [0.1, 0.15) is 12.1 Å². The standard InChI is InChI=1S/C16H31N3O5/c1-15(2,3)19(10-12(20)21)13(22)11(17)8-7-9-18-14(23)24-16(4,5)6/h11H,7-10,17H2,1-6H3,(H,18,23)(H,20,21)/t11-/m0/s1. The van der Waals surface area contributed by atoms with Crippen LogP contribution in [0.4, 0.5) is 4.79 Å². The first-order chi connectivity index (χ1) is 10.7. The maximum atomic E-state index is 12.4. The third kappa shape index (κ3) is 9.34. The molecule has 24 heavy (non-hydrogen) atoms. The van der Waals surface area contributed by atoms with Crippen LogP contribution < -0.4 is 11.1 Å². The second-order valence-corrected chi connectivity index (χ2v) is 7.67. The summed E-state index contributed by atoms with van der Waals surface area (Å²) in [6, 6.07) is -0.816. The van der Waals surface area contributed by atoms with Gasteiger partial charge in [-0.1, -0.05) is 0 Å². The van der Waals surface area contributed by atoms with E-state index in [1.807, 2.05) is 0 Å². The molecule has 0 aliphatic carbocycles. The molecule has 0 fully saturated rings. The number of hydrogen-bond donors (Lipinski definition) is 3. The number of carboxylic acids is 1. The SMILES string of the molecule is CC(C)(C)OC(=O)NCCC[C@H](N)C(=O)N(CC(=O)O)C(C)(C)C. The first-order valence-electron chi connectivity index (χ1n) is 8.00. The number of aliphatic carboxylic acids is 1. The molecule has 0 aromatic rings. The van der Waals surface area contributed by atoms with E-state index in [1.165, 1.54) is 4.90 Å². The molecule has 0 aliphatic rings. The smallest absolute Gasteiger partial charge is 0.407 e. The van der Waals surface area contributed by atoms with Crippen LogP contribution in [0.25, 0.3) is 0 Å². The van der Waals surface area contributed by atoms with Gasteiger partial charge < -0.3 is 25.8 Å². The van der Waals surface area contributed by atoms with Crippen molar-refractivity contribution in [1.82, 2.24) is 10.2 Å². The van der Waals surface area contributed by atoms with E-state index in [0.717, 1.165) is 0 Å². The minimum atomic E-state index is -1.09. The topological polar surface area (TPSA) is 122 Å². The van der Waals surface area contributed by atoms with Crippen LogP contribution in [0.3, 0.4) is 0 Å². The summed E-state index contributed by atoms with van der Waals surface area (Å²) in [7, 11) is 0. The third-order valence-electron chi connectivity index (χ3n) is 3.05. The van der Waals surface area contributed by atoms with Gasteiger partial charge in [-0.05, 0) is 54.4 Å². The predicted molar refractivity (Wildman–Crippen MR) is 90.5 cm³/mol. The molecule has 0 saturated carbocycles. The molecule has 0 bridgehead atoms. The molecule has 0 saturated heterocycles. The summed E-state index contributed by atoms with van der Waals surface area (Å²) in [4.78, 5) is 36.0. The van der Waals surface area contributed by atoms with Crippen molar-refractivity contribution in [2.45, 2.75) is 71.6 Å². The van der Waals surface area contributed by atoms with Crippen LogP contribution in [0.1, 0.15) is 54.4 Å². The Balaban J connectivity index is 4.39. The molecule has 0 unspecified atom stereocenters. The first-order valence-corrected chi connectivity index (χ1v) is 8.00. The summed E-state index contributed by atoms with van der Waals surface area (Å²) < 4.78 is 5.10. The number of carbonyl (C=O) groups excluding carboxylic acids is 2. The van der Waals surface area contributed by atoms with Gasteiger partial charge in [-0.15, -0.1) is 0 Å². The van der Waals surface area contributed by atoms with Crippen molar-refractivity contribution in [2.24, 2.45) is 5.73 Å². The lowest BCUT2D eigenvalue weighted by atomic mass is 10.0. The molecule has 0 rings (SSSR count). The normalized spacial score (nSPS) is 13.1. The number of nitrogens with one attached hydrogen (secondary N) is 1. The molecule has 8 heteroatoms. The zero-order chi connectivity index (χ0) is 19.1.